The third kappa shape index (κ3) is 12.4. The largest absolute Gasteiger partial charge is 0.466 e. The second kappa shape index (κ2) is 19.0. The van der Waals surface area contributed by atoms with Crippen LogP contribution in [0.3, 0.4) is 0 Å². The van der Waals surface area contributed by atoms with Crippen molar-refractivity contribution in [2.24, 2.45) is 0 Å². The Hall–Kier alpha value is -1.14. The molecule has 6 nitrogen and oxygen atoms in total. The maximum absolute atomic E-state index is 13.8. The fourth-order valence-electron chi connectivity index (χ4n) is 8.89. The summed E-state index contributed by atoms with van der Waals surface area (Å²) in [5.41, 5.74) is -1.91. The van der Waals surface area contributed by atoms with Crippen LogP contribution in [-0.2, 0) is 19.1 Å². The minimum absolute atomic E-state index is 0.0808. The number of hydrogen-bond acceptors (Lipinski definition) is 5. The van der Waals surface area contributed by atoms with Crippen LogP contribution in [0, 0.1) is 0 Å². The molecule has 2 heterocycles. The number of likely N-dealkylation sites (tertiary alicyclic amines) is 1. The van der Waals surface area contributed by atoms with E-state index in [4.69, 9.17) is 9.47 Å². The van der Waals surface area contributed by atoms with Gasteiger partial charge in [-0.25, -0.2) is 0 Å². The lowest BCUT2D eigenvalue weighted by Gasteiger charge is -2.57. The molecule has 0 atom stereocenters. The molecule has 3 fully saturated rings. The highest BCUT2D eigenvalue weighted by Crippen LogP contribution is 2.50. The number of carbonyl (C=O) groups excluding carboxylic acids is 2. The average molecular weight is 633 g/mol. The van der Waals surface area contributed by atoms with E-state index in [1.807, 2.05) is 0 Å². The van der Waals surface area contributed by atoms with Crippen molar-refractivity contribution in [1.29, 1.82) is 0 Å². The van der Waals surface area contributed by atoms with Gasteiger partial charge in [-0.3, -0.25) is 14.5 Å². The Balaban J connectivity index is 1.40. The van der Waals surface area contributed by atoms with Crippen molar-refractivity contribution in [1.82, 2.24) is 10.2 Å². The number of hydrogen-bond donors (Lipinski definition) is 1. The molecular formula is C39H72N2O4. The molecule has 3 aliphatic rings. The number of ether oxygens (including phenoxy) is 2. The van der Waals surface area contributed by atoms with Crippen LogP contribution in [0.5, 0.6) is 0 Å². The Kier molecular flexibility index (Phi) is 16.2. The fraction of sp³-hybridized carbons (Fsp3) is 0.949. The van der Waals surface area contributed by atoms with Crippen molar-refractivity contribution in [2.75, 3.05) is 13.2 Å². The Morgan fingerprint density at radius 3 is 1.64 bits per heavy atom. The summed E-state index contributed by atoms with van der Waals surface area (Å²) in [7, 11) is 0. The quantitative estimate of drug-likeness (QED) is 0.135. The number of piperidine rings is 1. The summed E-state index contributed by atoms with van der Waals surface area (Å²) in [6.45, 7) is 12.3. The molecule has 1 N–H and O–H groups in total. The summed E-state index contributed by atoms with van der Waals surface area (Å²) in [6.07, 6.45) is 30.4. The van der Waals surface area contributed by atoms with Crippen molar-refractivity contribution >= 4 is 11.9 Å². The van der Waals surface area contributed by atoms with Crippen molar-refractivity contribution in [2.45, 2.75) is 224 Å². The number of nitrogens with zero attached hydrogens (tertiary/aromatic N) is 1. The van der Waals surface area contributed by atoms with Crippen LogP contribution in [0.1, 0.15) is 202 Å². The van der Waals surface area contributed by atoms with Gasteiger partial charge in [0.25, 0.3) is 5.91 Å². The zero-order valence-electron chi connectivity index (χ0n) is 30.4. The predicted octanol–water partition coefficient (Wildman–Crippen LogP) is 10.2. The topological polar surface area (TPSA) is 67.9 Å². The summed E-state index contributed by atoms with van der Waals surface area (Å²) in [5.74, 6) is -0.0239. The summed E-state index contributed by atoms with van der Waals surface area (Å²) < 4.78 is 12.7. The molecule has 1 amide bonds. The Labute approximate surface area is 277 Å². The highest BCUT2D eigenvalue weighted by Gasteiger charge is 2.62. The molecule has 262 valence electrons. The minimum Gasteiger partial charge on any atom is -0.466 e. The lowest BCUT2D eigenvalue weighted by Crippen LogP contribution is -2.67. The third-order valence-corrected chi connectivity index (χ3v) is 11.0. The van der Waals surface area contributed by atoms with Crippen LogP contribution in [0.2, 0.25) is 0 Å². The van der Waals surface area contributed by atoms with E-state index in [0.29, 0.717) is 32.4 Å². The lowest BCUT2D eigenvalue weighted by molar-refractivity contribution is -0.191. The number of unbranched alkanes of at least 4 members (excludes halogenated alkanes) is 11. The van der Waals surface area contributed by atoms with Crippen LogP contribution < -0.4 is 5.32 Å². The van der Waals surface area contributed by atoms with E-state index in [9.17, 15) is 9.59 Å². The lowest BCUT2D eigenvalue weighted by atomic mass is 9.70. The highest BCUT2D eigenvalue weighted by molar-refractivity contribution is 5.88. The molecule has 3 rings (SSSR count). The molecule has 2 saturated heterocycles. The number of carbonyl (C=O) groups is 2. The third-order valence-electron chi connectivity index (χ3n) is 11.0. The maximum Gasteiger partial charge on any atom is 0.307 e. The number of amides is 1. The molecule has 0 radical (unpaired) electrons. The van der Waals surface area contributed by atoms with Gasteiger partial charge in [-0.2, -0.15) is 0 Å². The highest BCUT2D eigenvalue weighted by atomic mass is 16.6. The second-order valence-corrected chi connectivity index (χ2v) is 16.2. The molecular weight excluding hydrogens is 560 g/mol. The van der Waals surface area contributed by atoms with E-state index in [1.54, 1.807) is 0 Å². The summed E-state index contributed by atoms with van der Waals surface area (Å²) in [5, 5.41) is 3.43. The summed E-state index contributed by atoms with van der Waals surface area (Å²) in [4.78, 5) is 29.0. The first-order chi connectivity index (χ1) is 21.5. The first kappa shape index (κ1) is 38.3. The van der Waals surface area contributed by atoms with E-state index in [2.05, 4.69) is 44.8 Å². The standard InChI is InChI=1S/C39H72N2O4/c1-6-7-8-9-10-11-12-13-17-20-23-26-31-44-34(42)27-30-41-36(2,3)32-38(33-37(41,4)5)35(43)40-39(45-38)28-24-21-18-15-14-16-19-22-25-29-39/h6-33H2,1-5H3,(H,40,43). The van der Waals surface area contributed by atoms with E-state index in [1.165, 1.54) is 109 Å². The van der Waals surface area contributed by atoms with Gasteiger partial charge in [0, 0.05) is 30.5 Å². The van der Waals surface area contributed by atoms with E-state index < -0.39 is 11.3 Å². The zero-order chi connectivity index (χ0) is 32.7. The maximum atomic E-state index is 13.8. The van der Waals surface area contributed by atoms with Gasteiger partial charge in [-0.15, -0.1) is 0 Å². The molecule has 0 bridgehead atoms. The Morgan fingerprint density at radius 2 is 1.16 bits per heavy atom. The van der Waals surface area contributed by atoms with Crippen LogP contribution in [0.25, 0.3) is 0 Å². The molecule has 1 aliphatic carbocycles. The first-order valence-corrected chi connectivity index (χ1v) is 19.5. The number of rotatable bonds is 16. The van der Waals surface area contributed by atoms with Crippen molar-refractivity contribution in [3.63, 3.8) is 0 Å². The monoisotopic (exact) mass is 633 g/mol. The van der Waals surface area contributed by atoms with Gasteiger partial charge in [-0.05, 0) is 59.8 Å². The van der Waals surface area contributed by atoms with E-state index in [-0.39, 0.29) is 23.0 Å². The Morgan fingerprint density at radius 1 is 0.711 bits per heavy atom. The summed E-state index contributed by atoms with van der Waals surface area (Å²) >= 11 is 0. The number of esters is 1. The van der Waals surface area contributed by atoms with Crippen LogP contribution in [0.15, 0.2) is 0 Å². The molecule has 0 aromatic carbocycles. The van der Waals surface area contributed by atoms with Crippen molar-refractivity contribution < 1.29 is 19.1 Å². The molecule has 0 aromatic heterocycles. The Bertz CT molecular complexity index is 839. The van der Waals surface area contributed by atoms with Crippen LogP contribution in [0.4, 0.5) is 0 Å². The zero-order valence-corrected chi connectivity index (χ0v) is 30.4. The fourth-order valence-corrected chi connectivity index (χ4v) is 8.89. The smallest absolute Gasteiger partial charge is 0.307 e. The normalized spacial score (nSPS) is 23.4. The molecule has 0 unspecified atom stereocenters. The molecule has 2 spiro atoms. The van der Waals surface area contributed by atoms with Gasteiger partial charge in [0.1, 0.15) is 5.72 Å². The summed E-state index contributed by atoms with van der Waals surface area (Å²) in [6, 6.07) is 0. The van der Waals surface area contributed by atoms with Gasteiger partial charge < -0.3 is 14.8 Å². The van der Waals surface area contributed by atoms with Gasteiger partial charge >= 0.3 is 5.97 Å². The number of nitrogens with one attached hydrogen (secondary N) is 1. The van der Waals surface area contributed by atoms with E-state index in [0.717, 1.165) is 38.5 Å². The van der Waals surface area contributed by atoms with E-state index >= 15 is 0 Å². The van der Waals surface area contributed by atoms with Crippen molar-refractivity contribution in [3.8, 4) is 0 Å². The van der Waals surface area contributed by atoms with Crippen molar-refractivity contribution in [3.05, 3.63) is 0 Å². The SMILES string of the molecule is CCCCCCCCCCCCCCOC(=O)CCN1C(C)(C)CC2(CC1(C)C)OC1(CCCCCCCCCCC1)NC2=O. The van der Waals surface area contributed by atoms with Gasteiger partial charge in [0.15, 0.2) is 5.60 Å². The first-order valence-electron chi connectivity index (χ1n) is 19.5. The minimum atomic E-state index is -0.810. The van der Waals surface area contributed by atoms with Gasteiger partial charge in [-0.1, -0.05) is 122 Å². The molecule has 2 aliphatic heterocycles. The second-order valence-electron chi connectivity index (χ2n) is 16.2. The van der Waals surface area contributed by atoms with Crippen LogP contribution >= 0.6 is 0 Å². The molecule has 45 heavy (non-hydrogen) atoms. The van der Waals surface area contributed by atoms with Crippen LogP contribution in [-0.4, -0.2) is 52.3 Å². The van der Waals surface area contributed by atoms with Gasteiger partial charge in [0.05, 0.1) is 13.0 Å². The average Bonchev–Trinajstić information content (AvgIpc) is 3.21. The molecule has 1 saturated carbocycles. The predicted molar refractivity (Wildman–Crippen MR) is 186 cm³/mol. The van der Waals surface area contributed by atoms with Gasteiger partial charge in [0.2, 0.25) is 0 Å². The molecule has 0 aromatic rings. The molecule has 6 heteroatoms.